The van der Waals surface area contributed by atoms with Crippen molar-refractivity contribution in [3.05, 3.63) is 95.0 Å². The second-order valence-electron chi connectivity index (χ2n) is 9.53. The first-order valence-electron chi connectivity index (χ1n) is 11.8. The smallest absolute Gasteiger partial charge is 0.261 e. The fraction of sp³-hybridized carbons (Fsp3) is 0.310. The number of halogens is 1. The van der Waals surface area contributed by atoms with Gasteiger partial charge in [0.15, 0.2) is 18.1 Å². The number of rotatable bonds is 10. The van der Waals surface area contributed by atoms with Crippen molar-refractivity contribution in [2.24, 2.45) is 0 Å². The lowest BCUT2D eigenvalue weighted by atomic mass is 10.0. The third-order valence-corrected chi connectivity index (χ3v) is 5.71. The van der Waals surface area contributed by atoms with E-state index < -0.39 is 11.6 Å². The van der Waals surface area contributed by atoms with E-state index in [-0.39, 0.29) is 25.0 Å². The van der Waals surface area contributed by atoms with Gasteiger partial charge in [0, 0.05) is 23.5 Å². The molecular weight excluding hydrogens is 476 g/mol. The summed E-state index contributed by atoms with van der Waals surface area (Å²) in [5.41, 5.74) is 1.34. The van der Waals surface area contributed by atoms with E-state index in [0.29, 0.717) is 22.9 Å². The van der Waals surface area contributed by atoms with Crippen molar-refractivity contribution < 1.29 is 19.1 Å². The molecule has 0 saturated heterocycles. The number of hydrogen-bond acceptors (Lipinski definition) is 4. The normalized spacial score (nSPS) is 11.9. The minimum Gasteiger partial charge on any atom is -0.493 e. The lowest BCUT2D eigenvalue weighted by Gasteiger charge is -2.33. The van der Waals surface area contributed by atoms with Crippen LogP contribution in [0.1, 0.15) is 31.9 Å². The summed E-state index contributed by atoms with van der Waals surface area (Å²) < 4.78 is 11.2. The Hall–Kier alpha value is -3.51. The second-order valence-corrected chi connectivity index (χ2v) is 9.97. The van der Waals surface area contributed by atoms with E-state index in [1.54, 1.807) is 36.3 Å². The van der Waals surface area contributed by atoms with E-state index in [1.807, 2.05) is 75.4 Å². The van der Waals surface area contributed by atoms with Crippen molar-refractivity contribution in [1.82, 2.24) is 10.2 Å². The van der Waals surface area contributed by atoms with Crippen molar-refractivity contribution in [2.75, 3.05) is 13.7 Å². The van der Waals surface area contributed by atoms with Crippen LogP contribution in [0.15, 0.2) is 78.9 Å². The molecule has 0 bridgehead atoms. The summed E-state index contributed by atoms with van der Waals surface area (Å²) in [5, 5.41) is 3.65. The molecule has 0 aliphatic carbocycles. The third kappa shape index (κ3) is 8.02. The molecular formula is C29H33ClN2O4. The Balaban J connectivity index is 1.93. The maximum Gasteiger partial charge on any atom is 0.261 e. The molecule has 1 N–H and O–H groups in total. The molecule has 0 aromatic heterocycles. The molecule has 1 atom stereocenters. The van der Waals surface area contributed by atoms with Gasteiger partial charge in [-0.15, -0.1) is 0 Å². The van der Waals surface area contributed by atoms with Crippen LogP contribution >= 0.6 is 11.6 Å². The Morgan fingerprint density at radius 3 is 2.11 bits per heavy atom. The highest BCUT2D eigenvalue weighted by molar-refractivity contribution is 6.30. The van der Waals surface area contributed by atoms with Gasteiger partial charge in [0.1, 0.15) is 6.04 Å². The molecule has 2 amide bonds. The molecule has 0 aliphatic rings. The van der Waals surface area contributed by atoms with Gasteiger partial charge in [-0.1, -0.05) is 66.2 Å². The Labute approximate surface area is 218 Å². The minimum absolute atomic E-state index is 0.223. The van der Waals surface area contributed by atoms with Crippen LogP contribution in [0.5, 0.6) is 11.5 Å². The molecule has 3 rings (SSSR count). The fourth-order valence-corrected chi connectivity index (χ4v) is 3.88. The molecule has 0 radical (unpaired) electrons. The molecule has 7 heteroatoms. The summed E-state index contributed by atoms with van der Waals surface area (Å²) in [5.74, 6) is 0.436. The molecule has 0 spiro atoms. The second kappa shape index (κ2) is 12.5. The number of carbonyl (C=O) groups excluding carboxylic acids is 2. The van der Waals surface area contributed by atoms with E-state index in [2.05, 4.69) is 5.32 Å². The van der Waals surface area contributed by atoms with Gasteiger partial charge in [0.05, 0.1) is 7.11 Å². The lowest BCUT2D eigenvalue weighted by molar-refractivity contribution is -0.143. The number of ether oxygens (including phenoxy) is 2. The van der Waals surface area contributed by atoms with Gasteiger partial charge in [-0.3, -0.25) is 9.59 Å². The average molecular weight is 509 g/mol. The predicted molar refractivity (Wildman–Crippen MR) is 142 cm³/mol. The molecule has 3 aromatic rings. The van der Waals surface area contributed by atoms with Gasteiger partial charge in [-0.2, -0.15) is 0 Å². The van der Waals surface area contributed by atoms with Gasteiger partial charge in [0.2, 0.25) is 5.91 Å². The summed E-state index contributed by atoms with van der Waals surface area (Å²) >= 11 is 6.07. The van der Waals surface area contributed by atoms with Crippen LogP contribution in [0.4, 0.5) is 0 Å². The minimum atomic E-state index is -0.754. The van der Waals surface area contributed by atoms with Crippen LogP contribution in [0.3, 0.4) is 0 Å². The van der Waals surface area contributed by atoms with Gasteiger partial charge in [-0.25, -0.2) is 0 Å². The van der Waals surface area contributed by atoms with Crippen LogP contribution in [0, 0.1) is 0 Å². The standard InChI is InChI=1S/C29H33ClN2O4/c1-29(2,3)31-28(34)24(18-21-10-6-5-7-11-21)32(19-22-14-16-23(30)17-15-22)27(33)20-36-26-13-9-8-12-25(26)35-4/h5-17,24H,18-20H2,1-4H3,(H,31,34)/t24-/m0/s1. The molecule has 0 fully saturated rings. The first kappa shape index (κ1) is 27.1. The predicted octanol–water partition coefficient (Wildman–Crippen LogP) is 5.28. The quantitative estimate of drug-likeness (QED) is 0.404. The summed E-state index contributed by atoms with van der Waals surface area (Å²) in [4.78, 5) is 28.8. The van der Waals surface area contributed by atoms with Crippen LogP contribution in [0.25, 0.3) is 0 Å². The van der Waals surface area contributed by atoms with Crippen molar-refractivity contribution in [3.8, 4) is 11.5 Å². The maximum absolute atomic E-state index is 13.6. The first-order valence-corrected chi connectivity index (χ1v) is 12.2. The Kier molecular flexibility index (Phi) is 9.37. The topological polar surface area (TPSA) is 67.9 Å². The Morgan fingerprint density at radius 1 is 0.889 bits per heavy atom. The van der Waals surface area contributed by atoms with Gasteiger partial charge in [-0.05, 0) is 56.2 Å². The number of carbonyl (C=O) groups is 2. The summed E-state index contributed by atoms with van der Waals surface area (Å²) in [6.45, 7) is 5.73. The molecule has 6 nitrogen and oxygen atoms in total. The summed E-state index contributed by atoms with van der Waals surface area (Å²) in [7, 11) is 1.55. The first-order chi connectivity index (χ1) is 17.2. The number of hydrogen-bond donors (Lipinski definition) is 1. The molecule has 3 aromatic carbocycles. The van der Waals surface area contributed by atoms with Crippen molar-refractivity contribution in [2.45, 2.75) is 45.3 Å². The highest BCUT2D eigenvalue weighted by atomic mass is 35.5. The monoisotopic (exact) mass is 508 g/mol. The van der Waals surface area contributed by atoms with Gasteiger partial charge >= 0.3 is 0 Å². The van der Waals surface area contributed by atoms with Crippen LogP contribution < -0.4 is 14.8 Å². The number of methoxy groups -OCH3 is 1. The van der Waals surface area contributed by atoms with Crippen LogP contribution in [0.2, 0.25) is 5.02 Å². The third-order valence-electron chi connectivity index (χ3n) is 5.46. The number of para-hydroxylation sites is 2. The van der Waals surface area contributed by atoms with Gasteiger partial charge < -0.3 is 19.7 Å². The molecule has 0 heterocycles. The fourth-order valence-electron chi connectivity index (χ4n) is 3.75. The van der Waals surface area contributed by atoms with Crippen molar-refractivity contribution >= 4 is 23.4 Å². The summed E-state index contributed by atoms with van der Waals surface area (Å²) in [6, 6.07) is 23.3. The molecule has 36 heavy (non-hydrogen) atoms. The lowest BCUT2D eigenvalue weighted by Crippen LogP contribution is -2.55. The number of nitrogens with zero attached hydrogens (tertiary/aromatic N) is 1. The highest BCUT2D eigenvalue weighted by Gasteiger charge is 2.32. The Morgan fingerprint density at radius 2 is 1.50 bits per heavy atom. The van der Waals surface area contributed by atoms with Crippen molar-refractivity contribution in [3.63, 3.8) is 0 Å². The van der Waals surface area contributed by atoms with E-state index in [1.165, 1.54) is 0 Å². The Bertz CT molecular complexity index is 1140. The molecule has 0 aliphatic heterocycles. The van der Waals surface area contributed by atoms with Crippen LogP contribution in [-0.2, 0) is 22.6 Å². The summed E-state index contributed by atoms with van der Waals surface area (Å²) in [6.07, 6.45) is 0.358. The number of benzene rings is 3. The number of nitrogens with one attached hydrogen (secondary N) is 1. The zero-order valence-corrected chi connectivity index (χ0v) is 21.9. The highest BCUT2D eigenvalue weighted by Crippen LogP contribution is 2.26. The molecule has 190 valence electrons. The number of amides is 2. The zero-order chi connectivity index (χ0) is 26.1. The SMILES string of the molecule is COc1ccccc1OCC(=O)N(Cc1ccc(Cl)cc1)[C@@H](Cc1ccccc1)C(=O)NC(C)(C)C. The maximum atomic E-state index is 13.6. The average Bonchev–Trinajstić information content (AvgIpc) is 2.85. The van der Waals surface area contributed by atoms with Crippen molar-refractivity contribution in [1.29, 1.82) is 0 Å². The zero-order valence-electron chi connectivity index (χ0n) is 21.2. The van der Waals surface area contributed by atoms with Crippen LogP contribution in [-0.4, -0.2) is 42.0 Å². The molecule has 0 unspecified atom stereocenters. The largest absolute Gasteiger partial charge is 0.493 e. The van der Waals surface area contributed by atoms with Gasteiger partial charge in [0.25, 0.3) is 5.91 Å². The molecule has 0 saturated carbocycles. The van der Waals surface area contributed by atoms with E-state index in [9.17, 15) is 9.59 Å². The van der Waals surface area contributed by atoms with E-state index in [0.717, 1.165) is 11.1 Å². The van der Waals surface area contributed by atoms with E-state index in [4.69, 9.17) is 21.1 Å². The van der Waals surface area contributed by atoms with E-state index >= 15 is 0 Å².